The molecule has 0 amide bonds. The average Bonchev–Trinajstić information content (AvgIpc) is 3.00. The summed E-state index contributed by atoms with van der Waals surface area (Å²) in [5, 5.41) is 8.78. The van der Waals surface area contributed by atoms with Gasteiger partial charge in [0.05, 0.1) is 11.7 Å². The minimum atomic E-state index is 0.381. The van der Waals surface area contributed by atoms with Crippen molar-refractivity contribution in [3.05, 3.63) is 47.3 Å². The summed E-state index contributed by atoms with van der Waals surface area (Å²) in [5.74, 6) is 0. The highest BCUT2D eigenvalue weighted by atomic mass is 15.4. The second kappa shape index (κ2) is 6.88. The number of nitrogens with zero attached hydrogens (tertiary/aromatic N) is 3. The van der Waals surface area contributed by atoms with Gasteiger partial charge < -0.3 is 0 Å². The van der Waals surface area contributed by atoms with E-state index in [1.165, 1.54) is 56.1 Å². The van der Waals surface area contributed by atoms with E-state index in [4.69, 9.17) is 0 Å². The number of hydrogen-bond acceptors (Lipinski definition) is 2. The Morgan fingerprint density at radius 2 is 2.10 bits per heavy atom. The van der Waals surface area contributed by atoms with Crippen molar-refractivity contribution >= 4 is 0 Å². The van der Waals surface area contributed by atoms with Crippen molar-refractivity contribution in [1.29, 1.82) is 0 Å². The molecule has 0 saturated heterocycles. The summed E-state index contributed by atoms with van der Waals surface area (Å²) in [5.41, 5.74) is 4.06. The number of hydrogen-bond donors (Lipinski definition) is 0. The van der Waals surface area contributed by atoms with Crippen LogP contribution < -0.4 is 0 Å². The first kappa shape index (κ1) is 14.3. The summed E-state index contributed by atoms with van der Waals surface area (Å²) in [7, 11) is 0. The van der Waals surface area contributed by atoms with E-state index >= 15 is 0 Å². The summed E-state index contributed by atoms with van der Waals surface area (Å²) in [6, 6.07) is 9.17. The Morgan fingerprint density at radius 1 is 1.19 bits per heavy atom. The van der Waals surface area contributed by atoms with Gasteiger partial charge in [0.1, 0.15) is 0 Å². The van der Waals surface area contributed by atoms with Crippen LogP contribution in [0.2, 0.25) is 0 Å². The monoisotopic (exact) mass is 283 g/mol. The number of aryl methyl sites for hydroxylation is 2. The predicted octanol–water partition coefficient (Wildman–Crippen LogP) is 4.33. The zero-order valence-electron chi connectivity index (χ0n) is 13.0. The van der Waals surface area contributed by atoms with Gasteiger partial charge in [0.15, 0.2) is 0 Å². The van der Waals surface area contributed by atoms with Crippen LogP contribution in [0.25, 0.3) is 0 Å². The molecule has 0 saturated carbocycles. The van der Waals surface area contributed by atoms with Crippen LogP contribution in [0.1, 0.15) is 68.3 Å². The molecular weight excluding hydrogens is 258 g/mol. The lowest BCUT2D eigenvalue weighted by atomic mass is 9.88. The second-order valence-corrected chi connectivity index (χ2v) is 6.11. The summed E-state index contributed by atoms with van der Waals surface area (Å²) < 4.78 is 2.09. The van der Waals surface area contributed by atoms with E-state index < -0.39 is 0 Å². The van der Waals surface area contributed by atoms with Crippen molar-refractivity contribution in [2.24, 2.45) is 0 Å². The Morgan fingerprint density at radius 3 is 3.00 bits per heavy atom. The lowest BCUT2D eigenvalue weighted by Crippen LogP contribution is -2.17. The Kier molecular flexibility index (Phi) is 4.69. The molecule has 0 radical (unpaired) electrons. The van der Waals surface area contributed by atoms with Gasteiger partial charge in [-0.2, -0.15) is 0 Å². The molecule has 0 spiro atoms. The molecule has 112 valence electrons. The molecule has 1 aliphatic rings. The molecule has 3 rings (SSSR count). The Labute approximate surface area is 127 Å². The number of unbranched alkanes of at least 4 members (excludes halogenated alkanes) is 3. The van der Waals surface area contributed by atoms with Crippen LogP contribution in [0.3, 0.4) is 0 Å². The highest BCUT2D eigenvalue weighted by Crippen LogP contribution is 2.32. The normalized spacial score (nSPS) is 17.7. The highest BCUT2D eigenvalue weighted by Gasteiger charge is 2.22. The molecule has 2 aromatic rings. The molecule has 0 bridgehead atoms. The molecule has 1 heterocycles. The van der Waals surface area contributed by atoms with Gasteiger partial charge in [-0.25, -0.2) is 4.68 Å². The standard InChI is InChI=1S/C18H25N3/c1-2-3-4-5-11-16-14-21(20-19-16)18-13-8-10-15-9-6-7-12-17(15)18/h6-7,9,12,14,18H,2-5,8,10-11,13H2,1H3. The first-order chi connectivity index (χ1) is 10.4. The van der Waals surface area contributed by atoms with Crippen LogP contribution in [0.4, 0.5) is 0 Å². The molecule has 1 aliphatic carbocycles. The summed E-state index contributed by atoms with van der Waals surface area (Å²) in [6.45, 7) is 2.25. The number of rotatable bonds is 6. The molecular formula is C18H25N3. The third-order valence-corrected chi connectivity index (χ3v) is 4.50. The molecule has 1 aromatic carbocycles. The van der Waals surface area contributed by atoms with Gasteiger partial charge in [0, 0.05) is 6.20 Å². The third kappa shape index (κ3) is 3.34. The van der Waals surface area contributed by atoms with Crippen LogP contribution in [-0.4, -0.2) is 15.0 Å². The van der Waals surface area contributed by atoms with Crippen molar-refractivity contribution in [2.75, 3.05) is 0 Å². The molecule has 3 nitrogen and oxygen atoms in total. The van der Waals surface area contributed by atoms with Crippen molar-refractivity contribution in [1.82, 2.24) is 15.0 Å². The molecule has 21 heavy (non-hydrogen) atoms. The van der Waals surface area contributed by atoms with E-state index in [0.29, 0.717) is 6.04 Å². The number of aromatic nitrogens is 3. The van der Waals surface area contributed by atoms with Gasteiger partial charge in [-0.3, -0.25) is 0 Å². The Bertz CT molecular complexity index is 573. The molecule has 1 atom stereocenters. The fourth-order valence-electron chi connectivity index (χ4n) is 3.32. The first-order valence-corrected chi connectivity index (χ1v) is 8.37. The molecule has 1 unspecified atom stereocenters. The van der Waals surface area contributed by atoms with E-state index in [-0.39, 0.29) is 0 Å². The minimum absolute atomic E-state index is 0.381. The van der Waals surface area contributed by atoms with Crippen molar-refractivity contribution in [2.45, 2.75) is 64.3 Å². The van der Waals surface area contributed by atoms with Crippen LogP contribution in [0.5, 0.6) is 0 Å². The SMILES string of the molecule is CCCCCCc1cn(C2CCCc3ccccc32)nn1. The average molecular weight is 283 g/mol. The number of benzene rings is 1. The maximum absolute atomic E-state index is 4.40. The van der Waals surface area contributed by atoms with Gasteiger partial charge in [-0.15, -0.1) is 5.10 Å². The lowest BCUT2D eigenvalue weighted by Gasteiger charge is -2.25. The molecule has 3 heteroatoms. The zero-order chi connectivity index (χ0) is 14.5. The molecule has 0 aliphatic heterocycles. The maximum atomic E-state index is 4.40. The van der Waals surface area contributed by atoms with Gasteiger partial charge >= 0.3 is 0 Å². The first-order valence-electron chi connectivity index (χ1n) is 8.37. The van der Waals surface area contributed by atoms with Crippen LogP contribution in [0, 0.1) is 0 Å². The van der Waals surface area contributed by atoms with Crippen LogP contribution >= 0.6 is 0 Å². The number of fused-ring (bicyclic) bond motifs is 1. The summed E-state index contributed by atoms with van der Waals surface area (Å²) in [4.78, 5) is 0. The van der Waals surface area contributed by atoms with Crippen LogP contribution in [-0.2, 0) is 12.8 Å². The second-order valence-electron chi connectivity index (χ2n) is 6.11. The van der Waals surface area contributed by atoms with E-state index in [9.17, 15) is 0 Å². The topological polar surface area (TPSA) is 30.7 Å². The Balaban J connectivity index is 1.69. The smallest absolute Gasteiger partial charge is 0.0827 e. The largest absolute Gasteiger partial charge is 0.245 e. The molecule has 0 fully saturated rings. The van der Waals surface area contributed by atoms with Crippen LogP contribution in [0.15, 0.2) is 30.5 Å². The fourth-order valence-corrected chi connectivity index (χ4v) is 3.32. The van der Waals surface area contributed by atoms with E-state index in [0.717, 1.165) is 12.1 Å². The molecule has 1 aromatic heterocycles. The highest BCUT2D eigenvalue weighted by molar-refractivity contribution is 5.32. The Hall–Kier alpha value is -1.64. The summed E-state index contributed by atoms with van der Waals surface area (Å²) >= 11 is 0. The van der Waals surface area contributed by atoms with Gasteiger partial charge in [-0.05, 0) is 43.2 Å². The molecule has 0 N–H and O–H groups in total. The fraction of sp³-hybridized carbons (Fsp3) is 0.556. The van der Waals surface area contributed by atoms with E-state index in [2.05, 4.69) is 52.4 Å². The van der Waals surface area contributed by atoms with Crippen molar-refractivity contribution in [3.63, 3.8) is 0 Å². The zero-order valence-corrected chi connectivity index (χ0v) is 13.0. The van der Waals surface area contributed by atoms with Crippen molar-refractivity contribution < 1.29 is 0 Å². The predicted molar refractivity (Wildman–Crippen MR) is 85.4 cm³/mol. The lowest BCUT2D eigenvalue weighted by molar-refractivity contribution is 0.440. The van der Waals surface area contributed by atoms with Crippen molar-refractivity contribution in [3.8, 4) is 0 Å². The van der Waals surface area contributed by atoms with Gasteiger partial charge in [0.25, 0.3) is 0 Å². The minimum Gasteiger partial charge on any atom is -0.245 e. The quantitative estimate of drug-likeness (QED) is 0.739. The van der Waals surface area contributed by atoms with Gasteiger partial charge in [0.2, 0.25) is 0 Å². The summed E-state index contributed by atoms with van der Waals surface area (Å²) in [6.07, 6.45) is 12.0. The maximum Gasteiger partial charge on any atom is 0.0827 e. The van der Waals surface area contributed by atoms with Gasteiger partial charge in [-0.1, -0.05) is 55.7 Å². The van der Waals surface area contributed by atoms with E-state index in [1.54, 1.807) is 0 Å². The van der Waals surface area contributed by atoms with E-state index in [1.807, 2.05) is 0 Å². The third-order valence-electron chi connectivity index (χ3n) is 4.50.